The number of primary amides is 1. The summed E-state index contributed by atoms with van der Waals surface area (Å²) in [5, 5.41) is 3.52. The topological polar surface area (TPSA) is 73.6 Å². The molecule has 27 heavy (non-hydrogen) atoms. The van der Waals surface area contributed by atoms with Crippen molar-refractivity contribution in [3.05, 3.63) is 59.7 Å². The molecule has 5 heteroatoms. The molecular weight excluding hydrogens is 340 g/mol. The van der Waals surface area contributed by atoms with Gasteiger partial charge >= 0.3 is 0 Å². The van der Waals surface area contributed by atoms with Gasteiger partial charge in [-0.05, 0) is 36.1 Å². The number of amides is 1. The average Bonchev–Trinajstić information content (AvgIpc) is 2.72. The fourth-order valence-electron chi connectivity index (χ4n) is 4.00. The highest BCUT2D eigenvalue weighted by Gasteiger charge is 2.29. The second-order valence-corrected chi connectivity index (χ2v) is 7.39. The maximum Gasteiger partial charge on any atom is 0.222 e. The second-order valence-electron chi connectivity index (χ2n) is 7.39. The van der Waals surface area contributed by atoms with Crippen LogP contribution in [0.25, 0.3) is 0 Å². The first-order valence-corrected chi connectivity index (χ1v) is 9.71. The van der Waals surface area contributed by atoms with E-state index in [-0.39, 0.29) is 24.0 Å². The Balaban J connectivity index is 1.36. The van der Waals surface area contributed by atoms with E-state index in [1.54, 1.807) is 0 Å². The standard InChI is InChI=1S/C22H26N2O3/c23-22(25)17-5-1-2-6-18(17)24-13-15-9-11-16(12-10-15)21-14-26-19-7-3-4-8-20(19)27-21/h3-4,7-12,17-18,21,24H,1-2,5-6,13-14H2,(H2,23,25)/t17-,18+,21+/m0/s1. The number of rotatable bonds is 5. The number of carbonyl (C=O) groups excluding carboxylic acids is 1. The molecule has 0 radical (unpaired) electrons. The van der Waals surface area contributed by atoms with Gasteiger partial charge in [0.15, 0.2) is 17.6 Å². The van der Waals surface area contributed by atoms with Crippen LogP contribution in [0.4, 0.5) is 0 Å². The van der Waals surface area contributed by atoms with Crippen LogP contribution in [0, 0.1) is 5.92 Å². The van der Waals surface area contributed by atoms with Crippen molar-refractivity contribution in [2.75, 3.05) is 6.61 Å². The summed E-state index contributed by atoms with van der Waals surface area (Å²) >= 11 is 0. The normalized spacial score (nSPS) is 24.4. The van der Waals surface area contributed by atoms with Crippen LogP contribution in [-0.2, 0) is 11.3 Å². The van der Waals surface area contributed by atoms with E-state index >= 15 is 0 Å². The minimum atomic E-state index is -0.183. The molecule has 4 rings (SSSR count). The number of nitrogens with two attached hydrogens (primary N) is 1. The summed E-state index contributed by atoms with van der Waals surface area (Å²) in [4.78, 5) is 11.6. The molecule has 1 aliphatic carbocycles. The summed E-state index contributed by atoms with van der Waals surface area (Å²) in [5.74, 6) is 1.35. The van der Waals surface area contributed by atoms with Gasteiger partial charge in [0.1, 0.15) is 6.61 Å². The average molecular weight is 366 g/mol. The maximum absolute atomic E-state index is 11.6. The number of carbonyl (C=O) groups is 1. The molecule has 0 saturated heterocycles. The van der Waals surface area contributed by atoms with E-state index in [2.05, 4.69) is 29.6 Å². The van der Waals surface area contributed by atoms with Crippen LogP contribution in [0.2, 0.25) is 0 Å². The van der Waals surface area contributed by atoms with Crippen molar-refractivity contribution in [2.24, 2.45) is 11.7 Å². The van der Waals surface area contributed by atoms with E-state index in [9.17, 15) is 4.79 Å². The number of nitrogens with one attached hydrogen (secondary N) is 1. The van der Waals surface area contributed by atoms with Crippen LogP contribution >= 0.6 is 0 Å². The van der Waals surface area contributed by atoms with Gasteiger partial charge in [-0.2, -0.15) is 0 Å². The van der Waals surface area contributed by atoms with Crippen LogP contribution < -0.4 is 20.5 Å². The van der Waals surface area contributed by atoms with Gasteiger partial charge in [-0.1, -0.05) is 49.2 Å². The fraction of sp³-hybridized carbons (Fsp3) is 0.409. The molecular formula is C22H26N2O3. The summed E-state index contributed by atoms with van der Waals surface area (Å²) < 4.78 is 11.9. The van der Waals surface area contributed by atoms with Gasteiger partial charge in [0.2, 0.25) is 5.91 Å². The number of benzene rings is 2. The molecule has 1 amide bonds. The Morgan fingerprint density at radius 1 is 1.04 bits per heavy atom. The Bertz CT molecular complexity index is 790. The van der Waals surface area contributed by atoms with E-state index in [1.807, 2.05) is 24.3 Å². The third kappa shape index (κ3) is 4.08. The lowest BCUT2D eigenvalue weighted by Crippen LogP contribution is -2.44. The molecule has 0 aromatic heterocycles. The molecule has 1 heterocycles. The van der Waals surface area contributed by atoms with Gasteiger partial charge in [-0.15, -0.1) is 0 Å². The maximum atomic E-state index is 11.6. The molecule has 3 atom stereocenters. The number of hydrogen-bond donors (Lipinski definition) is 2. The molecule has 2 aromatic carbocycles. The lowest BCUT2D eigenvalue weighted by atomic mass is 9.84. The monoisotopic (exact) mass is 366 g/mol. The van der Waals surface area contributed by atoms with Gasteiger partial charge in [-0.3, -0.25) is 4.79 Å². The van der Waals surface area contributed by atoms with Crippen LogP contribution in [0.1, 0.15) is 42.9 Å². The van der Waals surface area contributed by atoms with Crippen LogP contribution in [0.5, 0.6) is 11.5 Å². The zero-order chi connectivity index (χ0) is 18.6. The molecule has 1 saturated carbocycles. The van der Waals surface area contributed by atoms with E-state index in [1.165, 1.54) is 5.56 Å². The molecule has 1 aliphatic heterocycles. The summed E-state index contributed by atoms with van der Waals surface area (Å²) in [5.41, 5.74) is 7.84. The summed E-state index contributed by atoms with van der Waals surface area (Å²) in [6.07, 6.45) is 4.05. The van der Waals surface area contributed by atoms with Crippen LogP contribution in [-0.4, -0.2) is 18.6 Å². The lowest BCUT2D eigenvalue weighted by molar-refractivity contribution is -0.123. The molecule has 2 aromatic rings. The molecule has 1 fully saturated rings. The highest BCUT2D eigenvalue weighted by atomic mass is 16.6. The van der Waals surface area contributed by atoms with E-state index in [0.29, 0.717) is 6.61 Å². The van der Waals surface area contributed by atoms with Crippen molar-refractivity contribution in [1.82, 2.24) is 5.32 Å². The van der Waals surface area contributed by atoms with Gasteiger partial charge in [-0.25, -0.2) is 0 Å². The summed E-state index contributed by atoms with van der Waals surface area (Å²) in [6.45, 7) is 1.25. The summed E-state index contributed by atoms with van der Waals surface area (Å²) in [7, 11) is 0. The molecule has 5 nitrogen and oxygen atoms in total. The van der Waals surface area contributed by atoms with Crippen molar-refractivity contribution < 1.29 is 14.3 Å². The molecule has 0 bridgehead atoms. The molecule has 2 aliphatic rings. The minimum Gasteiger partial charge on any atom is -0.485 e. The number of ether oxygens (including phenoxy) is 2. The first kappa shape index (κ1) is 17.9. The third-order valence-corrected chi connectivity index (χ3v) is 5.56. The summed E-state index contributed by atoms with van der Waals surface area (Å²) in [6, 6.07) is 16.3. The van der Waals surface area contributed by atoms with Gasteiger partial charge in [0.05, 0.1) is 5.92 Å². The van der Waals surface area contributed by atoms with Gasteiger partial charge in [0, 0.05) is 12.6 Å². The van der Waals surface area contributed by atoms with Gasteiger partial charge in [0.25, 0.3) is 0 Å². The Morgan fingerprint density at radius 2 is 1.78 bits per heavy atom. The highest BCUT2D eigenvalue weighted by Crippen LogP contribution is 2.35. The Hall–Kier alpha value is -2.53. The van der Waals surface area contributed by atoms with Crippen LogP contribution in [0.15, 0.2) is 48.5 Å². The zero-order valence-corrected chi connectivity index (χ0v) is 15.4. The number of hydrogen-bond acceptors (Lipinski definition) is 4. The Labute approximate surface area is 159 Å². The first-order chi connectivity index (χ1) is 13.2. The van der Waals surface area contributed by atoms with Crippen molar-refractivity contribution >= 4 is 5.91 Å². The van der Waals surface area contributed by atoms with E-state index in [0.717, 1.165) is 49.3 Å². The molecule has 0 spiro atoms. The highest BCUT2D eigenvalue weighted by molar-refractivity contribution is 5.77. The van der Waals surface area contributed by atoms with Gasteiger partial charge < -0.3 is 20.5 Å². The SMILES string of the molecule is NC(=O)[C@H]1CCCC[C@H]1NCc1ccc([C@H]2COc3ccccc3O2)cc1. The van der Waals surface area contributed by atoms with Crippen molar-refractivity contribution in [3.8, 4) is 11.5 Å². The number of para-hydroxylation sites is 2. The smallest absolute Gasteiger partial charge is 0.222 e. The first-order valence-electron chi connectivity index (χ1n) is 9.71. The van der Waals surface area contributed by atoms with Crippen molar-refractivity contribution in [2.45, 2.75) is 44.4 Å². The molecule has 0 unspecified atom stereocenters. The Kier molecular flexibility index (Phi) is 5.30. The predicted molar refractivity (Wildman–Crippen MR) is 104 cm³/mol. The zero-order valence-electron chi connectivity index (χ0n) is 15.4. The van der Waals surface area contributed by atoms with Crippen LogP contribution in [0.3, 0.4) is 0 Å². The largest absolute Gasteiger partial charge is 0.485 e. The molecule has 3 N–H and O–H groups in total. The minimum absolute atomic E-state index is 0.0501. The van der Waals surface area contributed by atoms with Crippen molar-refractivity contribution in [1.29, 1.82) is 0 Å². The number of fused-ring (bicyclic) bond motifs is 1. The second kappa shape index (κ2) is 8.01. The predicted octanol–water partition coefficient (Wildman–Crippen LogP) is 3.33. The Morgan fingerprint density at radius 3 is 2.56 bits per heavy atom. The van der Waals surface area contributed by atoms with E-state index in [4.69, 9.17) is 15.2 Å². The van der Waals surface area contributed by atoms with Crippen molar-refractivity contribution in [3.63, 3.8) is 0 Å². The lowest BCUT2D eigenvalue weighted by Gasteiger charge is -2.30. The fourth-order valence-corrected chi connectivity index (χ4v) is 4.00. The quantitative estimate of drug-likeness (QED) is 0.851. The third-order valence-electron chi connectivity index (χ3n) is 5.56. The van der Waals surface area contributed by atoms with E-state index < -0.39 is 0 Å². The molecule has 142 valence electrons.